The SMILES string of the molecule is NC(=S)c1ccc(Oc2ccc(Cl)cc2Br)c(F)c1Br. The van der Waals surface area contributed by atoms with E-state index in [2.05, 4.69) is 31.9 Å². The molecule has 0 saturated carbocycles. The number of hydrogen-bond donors (Lipinski definition) is 1. The fraction of sp³-hybridized carbons (Fsp3) is 0. The van der Waals surface area contributed by atoms with Crippen molar-refractivity contribution < 1.29 is 9.13 Å². The molecule has 0 radical (unpaired) electrons. The lowest BCUT2D eigenvalue weighted by Gasteiger charge is -2.11. The number of thiocarbonyl (C=S) groups is 1. The Kier molecular flexibility index (Phi) is 5.01. The van der Waals surface area contributed by atoms with Crippen molar-refractivity contribution in [2.24, 2.45) is 5.73 Å². The summed E-state index contributed by atoms with van der Waals surface area (Å²) in [5.74, 6) is -0.0691. The predicted molar refractivity (Wildman–Crippen MR) is 89.2 cm³/mol. The van der Waals surface area contributed by atoms with Crippen LogP contribution in [0.4, 0.5) is 4.39 Å². The van der Waals surface area contributed by atoms with Gasteiger partial charge in [0.25, 0.3) is 0 Å². The fourth-order valence-electron chi connectivity index (χ4n) is 1.48. The van der Waals surface area contributed by atoms with Gasteiger partial charge >= 0.3 is 0 Å². The van der Waals surface area contributed by atoms with E-state index in [-0.39, 0.29) is 15.2 Å². The zero-order valence-electron chi connectivity index (χ0n) is 9.79. The Labute approximate surface area is 142 Å². The van der Waals surface area contributed by atoms with Gasteiger partial charge in [0.2, 0.25) is 0 Å². The molecule has 0 unspecified atom stereocenters. The van der Waals surface area contributed by atoms with Crippen LogP contribution in [0, 0.1) is 5.82 Å². The van der Waals surface area contributed by atoms with Crippen molar-refractivity contribution in [2.45, 2.75) is 0 Å². The van der Waals surface area contributed by atoms with Gasteiger partial charge in [0.1, 0.15) is 10.7 Å². The summed E-state index contributed by atoms with van der Waals surface area (Å²) >= 11 is 17.1. The maximum Gasteiger partial charge on any atom is 0.180 e. The Morgan fingerprint density at radius 3 is 2.45 bits per heavy atom. The van der Waals surface area contributed by atoms with Crippen molar-refractivity contribution >= 4 is 60.7 Å². The Balaban J connectivity index is 2.39. The lowest BCUT2D eigenvalue weighted by atomic mass is 10.2. The zero-order chi connectivity index (χ0) is 14.9. The van der Waals surface area contributed by atoms with Crippen LogP contribution in [0.2, 0.25) is 5.02 Å². The Hall–Kier alpha value is -0.690. The van der Waals surface area contributed by atoms with Crippen molar-refractivity contribution in [3.05, 3.63) is 55.7 Å². The quantitative estimate of drug-likeness (QED) is 0.648. The van der Waals surface area contributed by atoms with Gasteiger partial charge in [-0.2, -0.15) is 0 Å². The lowest BCUT2D eigenvalue weighted by molar-refractivity contribution is 0.438. The molecule has 0 atom stereocenters. The van der Waals surface area contributed by atoms with Crippen LogP contribution >= 0.6 is 55.7 Å². The molecule has 7 heteroatoms. The third kappa shape index (κ3) is 3.31. The summed E-state index contributed by atoms with van der Waals surface area (Å²) in [7, 11) is 0. The molecule has 0 aliphatic carbocycles. The molecule has 20 heavy (non-hydrogen) atoms. The predicted octanol–water partition coefficient (Wildman–Crippen LogP) is 5.43. The molecule has 0 bridgehead atoms. The standard InChI is InChI=1S/C13H7Br2ClFNOS/c14-8-5-6(16)1-3-9(8)19-10-4-2-7(13(18)20)11(15)12(10)17/h1-5H,(H2,18,20). The molecule has 0 aromatic heterocycles. The van der Waals surface area contributed by atoms with Crippen LogP contribution in [0.25, 0.3) is 0 Å². The van der Waals surface area contributed by atoms with Crippen LogP contribution in [0.5, 0.6) is 11.5 Å². The van der Waals surface area contributed by atoms with E-state index < -0.39 is 5.82 Å². The molecular weight excluding hydrogens is 432 g/mol. The van der Waals surface area contributed by atoms with E-state index in [1.807, 2.05) is 0 Å². The van der Waals surface area contributed by atoms with E-state index in [0.29, 0.717) is 20.8 Å². The summed E-state index contributed by atoms with van der Waals surface area (Å²) in [6, 6.07) is 8.01. The van der Waals surface area contributed by atoms with Gasteiger partial charge in [-0.1, -0.05) is 23.8 Å². The lowest BCUT2D eigenvalue weighted by Crippen LogP contribution is -2.11. The number of rotatable bonds is 3. The highest BCUT2D eigenvalue weighted by molar-refractivity contribution is 9.10. The molecule has 0 spiro atoms. The van der Waals surface area contributed by atoms with Gasteiger partial charge in [-0.05, 0) is 62.2 Å². The second-order valence-electron chi connectivity index (χ2n) is 3.78. The number of nitrogens with two attached hydrogens (primary N) is 1. The molecular formula is C13H7Br2ClFNOS. The second kappa shape index (κ2) is 6.39. The second-order valence-corrected chi connectivity index (χ2v) is 6.30. The minimum Gasteiger partial charge on any atom is -0.453 e. The fourth-order valence-corrected chi connectivity index (χ4v) is 3.08. The molecule has 0 heterocycles. The van der Waals surface area contributed by atoms with Gasteiger partial charge in [0.15, 0.2) is 11.6 Å². The molecule has 0 aliphatic rings. The maximum absolute atomic E-state index is 14.2. The zero-order valence-corrected chi connectivity index (χ0v) is 14.5. The van der Waals surface area contributed by atoms with E-state index in [1.54, 1.807) is 24.3 Å². The normalized spacial score (nSPS) is 10.4. The maximum atomic E-state index is 14.2. The van der Waals surface area contributed by atoms with Gasteiger partial charge < -0.3 is 10.5 Å². The molecule has 0 amide bonds. The van der Waals surface area contributed by atoms with E-state index in [1.165, 1.54) is 6.07 Å². The Morgan fingerprint density at radius 2 is 1.85 bits per heavy atom. The molecule has 2 aromatic rings. The van der Waals surface area contributed by atoms with Crippen molar-refractivity contribution in [1.29, 1.82) is 0 Å². The summed E-state index contributed by atoms with van der Waals surface area (Å²) in [5.41, 5.74) is 5.92. The minimum absolute atomic E-state index is 0.0555. The first kappa shape index (κ1) is 15.7. The van der Waals surface area contributed by atoms with Crippen LogP contribution < -0.4 is 10.5 Å². The molecule has 104 valence electrons. The van der Waals surface area contributed by atoms with E-state index in [9.17, 15) is 4.39 Å². The first-order chi connectivity index (χ1) is 9.40. The summed E-state index contributed by atoms with van der Waals surface area (Å²) in [6.45, 7) is 0. The van der Waals surface area contributed by atoms with Gasteiger partial charge in [0.05, 0.1) is 8.95 Å². The van der Waals surface area contributed by atoms with E-state index >= 15 is 0 Å². The summed E-state index contributed by atoms with van der Waals surface area (Å²) in [5, 5.41) is 0.551. The molecule has 2 N–H and O–H groups in total. The largest absolute Gasteiger partial charge is 0.453 e. The van der Waals surface area contributed by atoms with Crippen molar-refractivity contribution in [3.63, 3.8) is 0 Å². The van der Waals surface area contributed by atoms with Gasteiger partial charge in [-0.3, -0.25) is 0 Å². The first-order valence-electron chi connectivity index (χ1n) is 5.31. The molecule has 0 aliphatic heterocycles. The number of halogens is 4. The number of ether oxygens (including phenoxy) is 1. The topological polar surface area (TPSA) is 35.2 Å². The summed E-state index contributed by atoms with van der Waals surface area (Å²) in [4.78, 5) is 0.106. The molecule has 2 nitrogen and oxygen atoms in total. The van der Waals surface area contributed by atoms with E-state index in [0.717, 1.165) is 0 Å². The van der Waals surface area contributed by atoms with Crippen LogP contribution in [0.1, 0.15) is 5.56 Å². The molecule has 2 rings (SSSR count). The first-order valence-corrected chi connectivity index (χ1v) is 7.68. The number of hydrogen-bond acceptors (Lipinski definition) is 2. The van der Waals surface area contributed by atoms with Crippen LogP contribution in [0.15, 0.2) is 39.3 Å². The third-order valence-corrected chi connectivity index (χ3v) is 4.28. The highest BCUT2D eigenvalue weighted by Gasteiger charge is 2.15. The average Bonchev–Trinajstić information content (AvgIpc) is 2.37. The summed E-state index contributed by atoms with van der Waals surface area (Å²) < 4.78 is 20.5. The number of benzene rings is 2. The minimum atomic E-state index is -0.572. The highest BCUT2D eigenvalue weighted by Crippen LogP contribution is 2.35. The van der Waals surface area contributed by atoms with Crippen molar-refractivity contribution in [2.75, 3.05) is 0 Å². The molecule has 0 saturated heterocycles. The molecule has 2 aromatic carbocycles. The highest BCUT2D eigenvalue weighted by atomic mass is 79.9. The van der Waals surface area contributed by atoms with Gasteiger partial charge in [0, 0.05) is 10.6 Å². The monoisotopic (exact) mass is 437 g/mol. The molecule has 0 fully saturated rings. The van der Waals surface area contributed by atoms with Crippen molar-refractivity contribution in [1.82, 2.24) is 0 Å². The smallest absolute Gasteiger partial charge is 0.180 e. The average molecular weight is 440 g/mol. The Bertz CT molecular complexity index is 696. The van der Waals surface area contributed by atoms with Crippen LogP contribution in [-0.2, 0) is 0 Å². The summed E-state index contributed by atoms with van der Waals surface area (Å²) in [6.07, 6.45) is 0. The van der Waals surface area contributed by atoms with Gasteiger partial charge in [-0.25, -0.2) is 4.39 Å². The van der Waals surface area contributed by atoms with Crippen molar-refractivity contribution in [3.8, 4) is 11.5 Å². The van der Waals surface area contributed by atoms with Gasteiger partial charge in [-0.15, -0.1) is 0 Å². The third-order valence-electron chi connectivity index (χ3n) is 2.43. The van der Waals surface area contributed by atoms with Crippen LogP contribution in [0.3, 0.4) is 0 Å². The Morgan fingerprint density at radius 1 is 1.20 bits per heavy atom. The van der Waals surface area contributed by atoms with E-state index in [4.69, 9.17) is 34.3 Å². The van der Waals surface area contributed by atoms with Crippen LogP contribution in [-0.4, -0.2) is 4.99 Å².